The normalized spacial score (nSPS) is 14.3. The fourth-order valence-corrected chi connectivity index (χ4v) is 3.31. The van der Waals surface area contributed by atoms with Gasteiger partial charge in [0.15, 0.2) is 0 Å². The van der Waals surface area contributed by atoms with Crippen molar-refractivity contribution in [2.75, 3.05) is 11.9 Å². The van der Waals surface area contributed by atoms with E-state index in [-0.39, 0.29) is 0 Å². The molecular formula is C17H21ClN2. The number of anilines is 1. The first-order valence-corrected chi connectivity index (χ1v) is 7.94. The van der Waals surface area contributed by atoms with E-state index in [1.807, 2.05) is 6.07 Å². The summed E-state index contributed by atoms with van der Waals surface area (Å²) in [6.45, 7) is 5.29. The first kappa shape index (κ1) is 13.7. The lowest BCUT2D eigenvalue weighted by atomic mass is 9.92. The summed E-state index contributed by atoms with van der Waals surface area (Å²) in [6.07, 6.45) is 5.83. The van der Waals surface area contributed by atoms with Crippen LogP contribution in [0.4, 0.5) is 5.69 Å². The average Bonchev–Trinajstić information content (AvgIpc) is 2.48. The van der Waals surface area contributed by atoms with Crippen LogP contribution in [0.25, 0.3) is 10.9 Å². The molecule has 2 aromatic rings. The van der Waals surface area contributed by atoms with Gasteiger partial charge in [-0.3, -0.25) is 4.98 Å². The summed E-state index contributed by atoms with van der Waals surface area (Å²) in [5.74, 6) is 0. The highest BCUT2D eigenvalue weighted by Crippen LogP contribution is 2.38. The van der Waals surface area contributed by atoms with Crippen LogP contribution in [-0.4, -0.2) is 11.5 Å². The fourth-order valence-electron chi connectivity index (χ4n) is 3.07. The molecule has 2 nitrogen and oxygen atoms in total. The maximum Gasteiger partial charge on any atom is 0.0770 e. The lowest BCUT2D eigenvalue weighted by molar-refractivity contribution is 0.671. The van der Waals surface area contributed by atoms with E-state index in [1.54, 1.807) is 0 Å². The number of rotatable bonds is 3. The van der Waals surface area contributed by atoms with Gasteiger partial charge in [0, 0.05) is 17.6 Å². The van der Waals surface area contributed by atoms with Gasteiger partial charge in [0.2, 0.25) is 0 Å². The van der Waals surface area contributed by atoms with Crippen LogP contribution in [0.5, 0.6) is 0 Å². The van der Waals surface area contributed by atoms with Crippen molar-refractivity contribution in [3.63, 3.8) is 0 Å². The number of aryl methyl sites for hydroxylation is 2. The molecule has 0 fully saturated rings. The molecule has 1 aromatic carbocycles. The van der Waals surface area contributed by atoms with Crippen molar-refractivity contribution >= 4 is 28.2 Å². The molecule has 20 heavy (non-hydrogen) atoms. The number of nitrogens with zero attached hydrogens (tertiary/aromatic N) is 1. The Labute approximate surface area is 125 Å². The minimum Gasteiger partial charge on any atom is -0.384 e. The van der Waals surface area contributed by atoms with Gasteiger partial charge in [0.25, 0.3) is 0 Å². The summed E-state index contributed by atoms with van der Waals surface area (Å²) in [6, 6.07) is 4.06. The van der Waals surface area contributed by atoms with Crippen molar-refractivity contribution < 1.29 is 0 Å². The van der Waals surface area contributed by atoms with Crippen molar-refractivity contribution in [1.29, 1.82) is 0 Å². The van der Waals surface area contributed by atoms with Gasteiger partial charge in [0.1, 0.15) is 0 Å². The van der Waals surface area contributed by atoms with Crippen molar-refractivity contribution in [2.24, 2.45) is 0 Å². The molecule has 106 valence electrons. The molecule has 1 aliphatic carbocycles. The van der Waals surface area contributed by atoms with E-state index >= 15 is 0 Å². The molecule has 0 radical (unpaired) electrons. The second-order valence-corrected chi connectivity index (χ2v) is 6.04. The highest BCUT2D eigenvalue weighted by atomic mass is 35.5. The Morgan fingerprint density at radius 1 is 1.25 bits per heavy atom. The van der Waals surface area contributed by atoms with E-state index in [0.717, 1.165) is 41.7 Å². The van der Waals surface area contributed by atoms with Crippen molar-refractivity contribution in [3.05, 3.63) is 34.0 Å². The molecule has 1 aromatic heterocycles. The highest BCUT2D eigenvalue weighted by Gasteiger charge is 2.20. The molecule has 1 N–H and O–H groups in total. The van der Waals surface area contributed by atoms with Gasteiger partial charge in [-0.25, -0.2) is 0 Å². The molecule has 0 unspecified atom stereocenters. The molecule has 3 heteroatoms. The average molecular weight is 289 g/mol. The molecule has 1 heterocycles. The zero-order valence-electron chi connectivity index (χ0n) is 12.2. The maximum atomic E-state index is 6.48. The third-order valence-electron chi connectivity index (χ3n) is 4.12. The topological polar surface area (TPSA) is 24.9 Å². The lowest BCUT2D eigenvalue weighted by Gasteiger charge is -2.22. The van der Waals surface area contributed by atoms with Crippen LogP contribution in [-0.2, 0) is 12.8 Å². The number of nitrogens with one attached hydrogen (secondary N) is 1. The zero-order valence-corrected chi connectivity index (χ0v) is 13.0. The second-order valence-electron chi connectivity index (χ2n) is 5.63. The monoisotopic (exact) mass is 288 g/mol. The summed E-state index contributed by atoms with van der Waals surface area (Å²) in [5, 5.41) is 5.53. The standard InChI is InChI=1S/C17H21ClN2/c1-3-10-19-17-12-6-4-5-7-14(12)20-16-11(2)8-9-13(18)15(16)17/h8-9H,3-7,10H2,1-2H3,(H,19,20). The first-order chi connectivity index (χ1) is 9.72. The Morgan fingerprint density at radius 3 is 2.85 bits per heavy atom. The number of aromatic nitrogens is 1. The Hall–Kier alpha value is -1.28. The summed E-state index contributed by atoms with van der Waals surface area (Å²) in [4.78, 5) is 4.92. The molecule has 0 amide bonds. The van der Waals surface area contributed by atoms with Crippen LogP contribution < -0.4 is 5.32 Å². The van der Waals surface area contributed by atoms with Crippen molar-refractivity contribution in [2.45, 2.75) is 46.0 Å². The van der Waals surface area contributed by atoms with E-state index in [4.69, 9.17) is 16.6 Å². The number of benzene rings is 1. The molecule has 0 spiro atoms. The van der Waals surface area contributed by atoms with Gasteiger partial charge in [-0.1, -0.05) is 24.6 Å². The smallest absolute Gasteiger partial charge is 0.0770 e. The summed E-state index contributed by atoms with van der Waals surface area (Å²) in [7, 11) is 0. The first-order valence-electron chi connectivity index (χ1n) is 7.56. The molecule has 3 rings (SSSR count). The van der Waals surface area contributed by atoms with E-state index in [2.05, 4.69) is 25.2 Å². The summed E-state index contributed by atoms with van der Waals surface area (Å²) < 4.78 is 0. The van der Waals surface area contributed by atoms with Gasteiger partial charge in [0.05, 0.1) is 16.2 Å². The molecule has 0 aliphatic heterocycles. The van der Waals surface area contributed by atoms with Crippen LogP contribution in [0, 0.1) is 6.92 Å². The highest BCUT2D eigenvalue weighted by molar-refractivity contribution is 6.36. The number of hydrogen-bond acceptors (Lipinski definition) is 2. The number of fused-ring (bicyclic) bond motifs is 2. The van der Waals surface area contributed by atoms with E-state index in [0.29, 0.717) is 0 Å². The Morgan fingerprint density at radius 2 is 2.05 bits per heavy atom. The van der Waals surface area contributed by atoms with Crippen LogP contribution >= 0.6 is 11.6 Å². The largest absolute Gasteiger partial charge is 0.384 e. The van der Waals surface area contributed by atoms with Crippen LogP contribution in [0.2, 0.25) is 5.02 Å². The van der Waals surface area contributed by atoms with Gasteiger partial charge < -0.3 is 5.32 Å². The van der Waals surface area contributed by atoms with Crippen molar-refractivity contribution in [3.8, 4) is 0 Å². The van der Waals surface area contributed by atoms with E-state index in [1.165, 1.54) is 35.3 Å². The molecule has 0 saturated heterocycles. The lowest BCUT2D eigenvalue weighted by Crippen LogP contribution is -2.12. The summed E-state index contributed by atoms with van der Waals surface area (Å²) >= 11 is 6.48. The molecule has 0 atom stereocenters. The molecule has 1 aliphatic rings. The third kappa shape index (κ3) is 2.26. The Kier molecular flexibility index (Phi) is 3.84. The molecule has 0 bridgehead atoms. The maximum absolute atomic E-state index is 6.48. The second kappa shape index (κ2) is 5.61. The Balaban J connectivity index is 2.30. The molecule has 0 saturated carbocycles. The zero-order chi connectivity index (χ0) is 14.1. The van der Waals surface area contributed by atoms with Crippen molar-refractivity contribution in [1.82, 2.24) is 4.98 Å². The fraction of sp³-hybridized carbons (Fsp3) is 0.471. The SMILES string of the molecule is CCCNc1c2c(nc3c(C)ccc(Cl)c13)CCCC2. The molecular weight excluding hydrogens is 268 g/mol. The predicted molar refractivity (Wildman–Crippen MR) is 86.9 cm³/mol. The third-order valence-corrected chi connectivity index (χ3v) is 4.43. The minimum absolute atomic E-state index is 0.810. The number of hydrogen-bond donors (Lipinski definition) is 1. The van der Waals surface area contributed by atoms with Gasteiger partial charge in [-0.05, 0) is 56.2 Å². The van der Waals surface area contributed by atoms with Gasteiger partial charge in [-0.2, -0.15) is 0 Å². The summed E-state index contributed by atoms with van der Waals surface area (Å²) in [5.41, 5.74) is 6.17. The van der Waals surface area contributed by atoms with Crippen LogP contribution in [0.15, 0.2) is 12.1 Å². The van der Waals surface area contributed by atoms with E-state index in [9.17, 15) is 0 Å². The van der Waals surface area contributed by atoms with E-state index < -0.39 is 0 Å². The quantitative estimate of drug-likeness (QED) is 0.869. The van der Waals surface area contributed by atoms with Crippen LogP contribution in [0.1, 0.15) is 43.0 Å². The van der Waals surface area contributed by atoms with Gasteiger partial charge >= 0.3 is 0 Å². The number of halogens is 1. The van der Waals surface area contributed by atoms with Crippen LogP contribution in [0.3, 0.4) is 0 Å². The minimum atomic E-state index is 0.810. The predicted octanol–water partition coefficient (Wildman–Crippen LogP) is 4.90. The number of pyridine rings is 1. The Bertz CT molecular complexity index is 649. The van der Waals surface area contributed by atoms with Gasteiger partial charge in [-0.15, -0.1) is 0 Å².